The average Bonchev–Trinajstić information content (AvgIpc) is 3.21. The molecule has 1 heterocycles. The predicted octanol–water partition coefficient (Wildman–Crippen LogP) is 2.75. The summed E-state index contributed by atoms with van der Waals surface area (Å²) in [7, 11) is 0. The van der Waals surface area contributed by atoms with Gasteiger partial charge in [-0.15, -0.1) is 18.3 Å². The van der Waals surface area contributed by atoms with Gasteiger partial charge < -0.3 is 26.0 Å². The van der Waals surface area contributed by atoms with E-state index in [-0.39, 0.29) is 24.7 Å². The van der Waals surface area contributed by atoms with Crippen LogP contribution in [0.4, 0.5) is 4.79 Å². The quantitative estimate of drug-likeness (QED) is 0.357. The van der Waals surface area contributed by atoms with Crippen LogP contribution in [0.3, 0.4) is 0 Å². The monoisotopic (exact) mass is 524 g/mol. The molecular weight excluding hydrogens is 488 g/mol. The molecule has 198 valence electrons. The Morgan fingerprint density at radius 2 is 1.81 bits per heavy atom. The number of rotatable bonds is 10. The first-order valence-corrected chi connectivity index (χ1v) is 13.3. The lowest BCUT2D eigenvalue weighted by molar-refractivity contribution is -0.147. The van der Waals surface area contributed by atoms with Gasteiger partial charge in [0.15, 0.2) is 6.10 Å². The number of benzene rings is 2. The number of carbonyl (C=O) groups is 3. The number of aliphatic hydroxyl groups excluding tert-OH is 1. The van der Waals surface area contributed by atoms with Crippen molar-refractivity contribution in [1.29, 1.82) is 0 Å². The van der Waals surface area contributed by atoms with Crippen LogP contribution in [0.25, 0.3) is 0 Å². The lowest BCUT2D eigenvalue weighted by atomic mass is 9.97. The number of nitrogens with one attached hydrogen (secondary N) is 3. The maximum absolute atomic E-state index is 13.6. The van der Waals surface area contributed by atoms with E-state index in [1.165, 1.54) is 22.7 Å². The smallest absolute Gasteiger partial charge is 0.315 e. The van der Waals surface area contributed by atoms with Gasteiger partial charge in [0.25, 0.3) is 5.91 Å². The summed E-state index contributed by atoms with van der Waals surface area (Å²) >= 11 is 1.48. The number of carbonyl (C=O) groups excluding carboxylic acids is 3. The van der Waals surface area contributed by atoms with Crippen LogP contribution in [-0.2, 0) is 22.6 Å². The van der Waals surface area contributed by atoms with Crippen LogP contribution in [0.1, 0.15) is 30.5 Å². The third-order valence-corrected chi connectivity index (χ3v) is 7.82. The number of hydrogen-bond donors (Lipinski definition) is 4. The SMILES string of the molecule is C=CCNC(=O)N[C@@H](Cc1ccccc1)[C@H](O)C(=O)N1CSC(C)(C)[C@@H]1C(=O)NCc1ccccc1C. The van der Waals surface area contributed by atoms with Crippen LogP contribution < -0.4 is 16.0 Å². The summed E-state index contributed by atoms with van der Waals surface area (Å²) in [5, 5.41) is 19.5. The minimum absolute atomic E-state index is 0.240. The molecule has 0 unspecified atom stereocenters. The van der Waals surface area contributed by atoms with Gasteiger partial charge in [-0.05, 0) is 43.9 Å². The van der Waals surface area contributed by atoms with Crippen LogP contribution in [0.5, 0.6) is 0 Å². The highest BCUT2D eigenvalue weighted by Gasteiger charge is 2.49. The van der Waals surface area contributed by atoms with E-state index in [0.29, 0.717) is 6.54 Å². The molecule has 0 saturated carbocycles. The zero-order chi connectivity index (χ0) is 27.0. The van der Waals surface area contributed by atoms with Crippen molar-refractivity contribution in [2.75, 3.05) is 12.4 Å². The van der Waals surface area contributed by atoms with E-state index in [4.69, 9.17) is 0 Å². The van der Waals surface area contributed by atoms with Gasteiger partial charge in [-0.25, -0.2) is 4.79 Å². The molecule has 4 amide bonds. The lowest BCUT2D eigenvalue weighted by Gasteiger charge is -2.33. The summed E-state index contributed by atoms with van der Waals surface area (Å²) < 4.78 is -0.561. The van der Waals surface area contributed by atoms with Crippen molar-refractivity contribution in [1.82, 2.24) is 20.9 Å². The zero-order valence-corrected chi connectivity index (χ0v) is 22.4. The van der Waals surface area contributed by atoms with E-state index in [0.717, 1.165) is 16.7 Å². The molecule has 2 aromatic carbocycles. The predicted molar refractivity (Wildman–Crippen MR) is 147 cm³/mol. The van der Waals surface area contributed by atoms with Crippen LogP contribution in [0.15, 0.2) is 67.3 Å². The molecule has 0 aliphatic carbocycles. The third kappa shape index (κ3) is 7.36. The van der Waals surface area contributed by atoms with Crippen LogP contribution in [0, 0.1) is 6.92 Å². The number of hydrogen-bond acceptors (Lipinski definition) is 5. The fourth-order valence-corrected chi connectivity index (χ4v) is 5.48. The molecule has 1 aliphatic heterocycles. The molecule has 9 heteroatoms. The highest BCUT2D eigenvalue weighted by Crippen LogP contribution is 2.40. The summed E-state index contributed by atoms with van der Waals surface area (Å²) in [6.45, 7) is 9.98. The molecule has 4 N–H and O–H groups in total. The largest absolute Gasteiger partial charge is 0.381 e. The van der Waals surface area contributed by atoms with E-state index in [1.807, 2.05) is 75.4 Å². The van der Waals surface area contributed by atoms with E-state index in [2.05, 4.69) is 22.5 Å². The van der Waals surface area contributed by atoms with Crippen molar-refractivity contribution in [3.63, 3.8) is 0 Å². The Balaban J connectivity index is 1.77. The van der Waals surface area contributed by atoms with Gasteiger partial charge in [0.2, 0.25) is 5.91 Å². The zero-order valence-electron chi connectivity index (χ0n) is 21.6. The number of urea groups is 1. The van der Waals surface area contributed by atoms with Gasteiger partial charge in [-0.1, -0.05) is 60.7 Å². The molecule has 0 bridgehead atoms. The second-order valence-electron chi connectivity index (χ2n) is 9.62. The van der Waals surface area contributed by atoms with Crippen LogP contribution in [0.2, 0.25) is 0 Å². The molecule has 1 saturated heterocycles. The molecule has 37 heavy (non-hydrogen) atoms. The number of aryl methyl sites for hydroxylation is 1. The number of nitrogens with zero attached hydrogens (tertiary/aromatic N) is 1. The van der Waals surface area contributed by atoms with E-state index >= 15 is 0 Å². The second-order valence-corrected chi connectivity index (χ2v) is 11.2. The van der Waals surface area contributed by atoms with Gasteiger partial charge >= 0.3 is 6.03 Å². The highest BCUT2D eigenvalue weighted by atomic mass is 32.2. The third-order valence-electron chi connectivity index (χ3n) is 6.45. The fraction of sp³-hybridized carbons (Fsp3) is 0.393. The normalized spacial score (nSPS) is 17.9. The first-order valence-electron chi connectivity index (χ1n) is 12.3. The Bertz CT molecular complexity index is 1110. The molecule has 8 nitrogen and oxygen atoms in total. The minimum atomic E-state index is -1.55. The molecule has 0 radical (unpaired) electrons. The van der Waals surface area contributed by atoms with Crippen molar-refractivity contribution >= 4 is 29.6 Å². The maximum Gasteiger partial charge on any atom is 0.315 e. The first kappa shape index (κ1) is 28.3. The molecular formula is C28H36N4O4S. The van der Waals surface area contributed by atoms with E-state index < -0.39 is 34.9 Å². The van der Waals surface area contributed by atoms with Gasteiger partial charge in [0.1, 0.15) is 6.04 Å². The molecule has 2 aromatic rings. The summed E-state index contributed by atoms with van der Waals surface area (Å²) in [6.07, 6.45) is 0.233. The summed E-state index contributed by atoms with van der Waals surface area (Å²) in [4.78, 5) is 40.8. The Morgan fingerprint density at radius 1 is 1.14 bits per heavy atom. The van der Waals surface area contributed by atoms with Gasteiger partial charge in [-0.3, -0.25) is 9.59 Å². The Hall–Kier alpha value is -3.30. The van der Waals surface area contributed by atoms with Crippen molar-refractivity contribution in [2.45, 2.75) is 56.7 Å². The molecule has 3 rings (SSSR count). The molecule has 0 aromatic heterocycles. The lowest BCUT2D eigenvalue weighted by Crippen LogP contribution is -2.59. The number of thioether (sulfide) groups is 1. The molecule has 3 atom stereocenters. The standard InChI is InChI=1S/C28H36N4O4S/c1-5-15-29-27(36)31-22(16-20-12-7-6-8-13-20)23(33)26(35)32-18-37-28(3,4)24(32)25(34)30-17-21-14-10-9-11-19(21)2/h5-14,22-24,33H,1,15-18H2,2-4H3,(H,30,34)(H2,29,31,36)/t22-,23-,24-/m0/s1. The Morgan fingerprint density at radius 3 is 2.49 bits per heavy atom. The van der Waals surface area contributed by atoms with Gasteiger partial charge in [-0.2, -0.15) is 0 Å². The van der Waals surface area contributed by atoms with E-state index in [9.17, 15) is 19.5 Å². The fourth-order valence-electron chi connectivity index (χ4n) is 4.34. The average molecular weight is 525 g/mol. The van der Waals surface area contributed by atoms with Gasteiger partial charge in [0.05, 0.1) is 11.9 Å². The summed E-state index contributed by atoms with van der Waals surface area (Å²) in [5.41, 5.74) is 2.91. The highest BCUT2D eigenvalue weighted by molar-refractivity contribution is 8.00. The Kier molecular flexibility index (Phi) is 9.77. The topological polar surface area (TPSA) is 111 Å². The van der Waals surface area contributed by atoms with Crippen molar-refractivity contribution in [3.05, 3.63) is 83.9 Å². The van der Waals surface area contributed by atoms with Crippen LogP contribution in [-0.4, -0.2) is 63.2 Å². The Labute approximate surface area is 222 Å². The van der Waals surface area contributed by atoms with Crippen molar-refractivity contribution in [3.8, 4) is 0 Å². The molecule has 0 spiro atoms. The number of amides is 4. The minimum Gasteiger partial charge on any atom is -0.381 e. The molecule has 1 aliphatic rings. The number of aliphatic hydroxyl groups is 1. The maximum atomic E-state index is 13.6. The van der Waals surface area contributed by atoms with Crippen molar-refractivity contribution in [2.24, 2.45) is 0 Å². The van der Waals surface area contributed by atoms with Crippen LogP contribution >= 0.6 is 11.8 Å². The molecule has 1 fully saturated rings. The van der Waals surface area contributed by atoms with Crippen molar-refractivity contribution < 1.29 is 19.5 Å². The van der Waals surface area contributed by atoms with Gasteiger partial charge in [0, 0.05) is 17.8 Å². The first-order chi connectivity index (χ1) is 17.6. The summed E-state index contributed by atoms with van der Waals surface area (Å²) in [6, 6.07) is 14.9. The second kappa shape index (κ2) is 12.8. The van der Waals surface area contributed by atoms with E-state index in [1.54, 1.807) is 0 Å². The summed E-state index contributed by atoms with van der Waals surface area (Å²) in [5.74, 6) is -0.624.